The van der Waals surface area contributed by atoms with Gasteiger partial charge in [-0.1, -0.05) is 18.2 Å². The Bertz CT molecular complexity index is 1200. The summed E-state index contributed by atoms with van der Waals surface area (Å²) in [6.45, 7) is 5.02. The van der Waals surface area contributed by atoms with Gasteiger partial charge in [0.15, 0.2) is 0 Å². The zero-order chi connectivity index (χ0) is 23.4. The molecule has 2 aromatic carbocycles. The molecular weight excluding hydrogens is 414 g/mol. The summed E-state index contributed by atoms with van der Waals surface area (Å²) in [5.74, 6) is -0.0254. The fourth-order valence-electron chi connectivity index (χ4n) is 4.01. The lowest BCUT2D eigenvalue weighted by atomic mass is 9.89. The van der Waals surface area contributed by atoms with Gasteiger partial charge >= 0.3 is 0 Å². The Labute approximate surface area is 193 Å². The zero-order valence-corrected chi connectivity index (χ0v) is 18.7. The van der Waals surface area contributed by atoms with Gasteiger partial charge in [-0.05, 0) is 68.0 Å². The van der Waals surface area contributed by atoms with Gasteiger partial charge in [-0.25, -0.2) is 4.98 Å². The van der Waals surface area contributed by atoms with Gasteiger partial charge in [0.05, 0.1) is 23.5 Å². The molecule has 33 heavy (non-hydrogen) atoms. The van der Waals surface area contributed by atoms with Crippen molar-refractivity contribution in [1.29, 1.82) is 5.26 Å². The molecule has 1 fully saturated rings. The van der Waals surface area contributed by atoms with Crippen molar-refractivity contribution in [3.8, 4) is 6.07 Å². The molecule has 0 spiro atoms. The highest BCUT2D eigenvalue weighted by Crippen LogP contribution is 2.29. The number of anilines is 1. The average molecular weight is 440 g/mol. The molecule has 1 aromatic heterocycles. The number of aryl methyl sites for hydroxylation is 2. The molecule has 1 saturated heterocycles. The van der Waals surface area contributed by atoms with Crippen LogP contribution in [0.3, 0.4) is 0 Å². The van der Waals surface area contributed by atoms with Crippen LogP contribution in [0.2, 0.25) is 0 Å². The van der Waals surface area contributed by atoms with E-state index in [1.807, 2.05) is 42.2 Å². The molecule has 2 amide bonds. The molecule has 0 aliphatic carbocycles. The standard InChI is InChI=1S/C26H25N5O2/c1-17-3-6-22(13-23(17)30-25(32)24-16-28-18(2)15-29-24)26(33)31-11-9-21(10-12-31)20-7-4-19(14-27)5-8-20/h3-8,13,15-16,21H,9-12H2,1-2H3,(H,30,32). The van der Waals surface area contributed by atoms with Gasteiger partial charge in [-0.2, -0.15) is 5.26 Å². The molecule has 1 aliphatic heterocycles. The van der Waals surface area contributed by atoms with Crippen LogP contribution in [0.1, 0.15) is 62.0 Å². The molecule has 1 N–H and O–H groups in total. The highest BCUT2D eigenvalue weighted by Gasteiger charge is 2.25. The van der Waals surface area contributed by atoms with Crippen LogP contribution >= 0.6 is 0 Å². The van der Waals surface area contributed by atoms with Crippen LogP contribution in [0.25, 0.3) is 0 Å². The number of hydrogen-bond acceptors (Lipinski definition) is 5. The van der Waals surface area contributed by atoms with Gasteiger partial charge in [0, 0.05) is 30.5 Å². The van der Waals surface area contributed by atoms with E-state index in [1.54, 1.807) is 25.3 Å². The summed E-state index contributed by atoms with van der Waals surface area (Å²) in [6.07, 6.45) is 4.73. The molecule has 1 aliphatic rings. The van der Waals surface area contributed by atoms with Crippen molar-refractivity contribution in [2.45, 2.75) is 32.6 Å². The summed E-state index contributed by atoms with van der Waals surface area (Å²) in [4.78, 5) is 35.8. The third-order valence-electron chi connectivity index (χ3n) is 6.04. The second kappa shape index (κ2) is 9.61. The minimum atomic E-state index is -0.363. The van der Waals surface area contributed by atoms with Crippen LogP contribution in [-0.4, -0.2) is 39.8 Å². The Balaban J connectivity index is 1.42. The fourth-order valence-corrected chi connectivity index (χ4v) is 4.01. The molecule has 166 valence electrons. The molecule has 0 atom stereocenters. The molecule has 0 saturated carbocycles. The lowest BCUT2D eigenvalue weighted by Crippen LogP contribution is -2.38. The maximum Gasteiger partial charge on any atom is 0.275 e. The van der Waals surface area contributed by atoms with Gasteiger partial charge in [0.1, 0.15) is 5.69 Å². The quantitative estimate of drug-likeness (QED) is 0.656. The van der Waals surface area contributed by atoms with E-state index in [-0.39, 0.29) is 17.5 Å². The van der Waals surface area contributed by atoms with Crippen LogP contribution < -0.4 is 5.32 Å². The minimum Gasteiger partial charge on any atom is -0.339 e. The van der Waals surface area contributed by atoms with E-state index >= 15 is 0 Å². The minimum absolute atomic E-state index is 0.0427. The summed E-state index contributed by atoms with van der Waals surface area (Å²) >= 11 is 0. The van der Waals surface area contributed by atoms with Crippen LogP contribution in [0.15, 0.2) is 54.9 Å². The van der Waals surface area contributed by atoms with Crippen molar-refractivity contribution in [2.75, 3.05) is 18.4 Å². The highest BCUT2D eigenvalue weighted by atomic mass is 16.2. The molecule has 7 nitrogen and oxygen atoms in total. The predicted molar refractivity (Wildman–Crippen MR) is 125 cm³/mol. The third kappa shape index (κ3) is 5.07. The Kier molecular flexibility index (Phi) is 6.45. The maximum absolute atomic E-state index is 13.1. The number of likely N-dealkylation sites (tertiary alicyclic amines) is 1. The lowest BCUT2D eigenvalue weighted by Gasteiger charge is -2.32. The Hall–Kier alpha value is -4.05. The number of carbonyl (C=O) groups excluding carboxylic acids is 2. The second-order valence-corrected chi connectivity index (χ2v) is 8.33. The number of amides is 2. The van der Waals surface area contributed by atoms with E-state index in [0.717, 1.165) is 24.1 Å². The van der Waals surface area contributed by atoms with E-state index in [4.69, 9.17) is 5.26 Å². The number of carbonyl (C=O) groups is 2. The predicted octanol–water partition coefficient (Wildman–Crippen LogP) is 4.24. The Morgan fingerprint density at radius 2 is 1.76 bits per heavy atom. The summed E-state index contributed by atoms with van der Waals surface area (Å²) in [5.41, 5.74) is 4.81. The smallest absolute Gasteiger partial charge is 0.275 e. The number of aromatic nitrogens is 2. The second-order valence-electron chi connectivity index (χ2n) is 8.33. The Morgan fingerprint density at radius 3 is 2.39 bits per heavy atom. The summed E-state index contributed by atoms with van der Waals surface area (Å²) in [5, 5.41) is 11.8. The zero-order valence-electron chi connectivity index (χ0n) is 18.7. The van der Waals surface area contributed by atoms with E-state index < -0.39 is 0 Å². The van der Waals surface area contributed by atoms with E-state index in [1.165, 1.54) is 11.8 Å². The number of nitrogens with one attached hydrogen (secondary N) is 1. The van der Waals surface area contributed by atoms with Crippen LogP contribution in [0, 0.1) is 25.2 Å². The first-order chi connectivity index (χ1) is 15.9. The van der Waals surface area contributed by atoms with Gasteiger partial charge in [0.2, 0.25) is 0 Å². The number of piperidine rings is 1. The Morgan fingerprint density at radius 1 is 1.03 bits per heavy atom. The molecular formula is C26H25N5O2. The molecule has 0 radical (unpaired) electrons. The highest BCUT2D eigenvalue weighted by molar-refractivity contribution is 6.04. The molecule has 7 heteroatoms. The summed E-state index contributed by atoms with van der Waals surface area (Å²) in [6, 6.07) is 15.2. The van der Waals surface area contributed by atoms with Gasteiger partial charge < -0.3 is 10.2 Å². The third-order valence-corrected chi connectivity index (χ3v) is 6.04. The van der Waals surface area contributed by atoms with Crippen molar-refractivity contribution in [2.24, 2.45) is 0 Å². The van der Waals surface area contributed by atoms with Gasteiger partial charge in [-0.3, -0.25) is 14.6 Å². The number of nitrogens with zero attached hydrogens (tertiary/aromatic N) is 4. The number of rotatable bonds is 4. The van der Waals surface area contributed by atoms with Crippen LogP contribution in [-0.2, 0) is 0 Å². The van der Waals surface area contributed by atoms with Crippen molar-refractivity contribution in [3.05, 3.63) is 88.5 Å². The first-order valence-corrected chi connectivity index (χ1v) is 10.9. The van der Waals surface area contributed by atoms with Crippen molar-refractivity contribution in [3.63, 3.8) is 0 Å². The topological polar surface area (TPSA) is 99.0 Å². The first kappa shape index (κ1) is 22.2. The molecule has 3 aromatic rings. The van der Waals surface area contributed by atoms with Crippen LogP contribution in [0.4, 0.5) is 5.69 Å². The van der Waals surface area contributed by atoms with Crippen LogP contribution in [0.5, 0.6) is 0 Å². The van der Waals surface area contributed by atoms with Crippen molar-refractivity contribution >= 4 is 17.5 Å². The van der Waals surface area contributed by atoms with Crippen molar-refractivity contribution < 1.29 is 9.59 Å². The monoisotopic (exact) mass is 439 g/mol. The average Bonchev–Trinajstić information content (AvgIpc) is 2.85. The first-order valence-electron chi connectivity index (χ1n) is 10.9. The maximum atomic E-state index is 13.1. The number of nitriles is 1. The van der Waals surface area contributed by atoms with E-state index in [9.17, 15) is 9.59 Å². The largest absolute Gasteiger partial charge is 0.339 e. The van der Waals surface area contributed by atoms with E-state index in [2.05, 4.69) is 21.4 Å². The SMILES string of the molecule is Cc1cnc(C(=O)Nc2cc(C(=O)N3CCC(c4ccc(C#N)cc4)CC3)ccc2C)cn1. The number of benzene rings is 2. The molecule has 0 bridgehead atoms. The number of hydrogen-bond donors (Lipinski definition) is 1. The molecule has 4 rings (SSSR count). The summed E-state index contributed by atoms with van der Waals surface area (Å²) < 4.78 is 0. The fraction of sp³-hybridized carbons (Fsp3) is 0.269. The normalized spacial score (nSPS) is 13.9. The van der Waals surface area contributed by atoms with Gasteiger partial charge in [-0.15, -0.1) is 0 Å². The van der Waals surface area contributed by atoms with Gasteiger partial charge in [0.25, 0.3) is 11.8 Å². The van der Waals surface area contributed by atoms with Crippen molar-refractivity contribution in [1.82, 2.24) is 14.9 Å². The molecule has 2 heterocycles. The van der Waals surface area contributed by atoms with E-state index in [0.29, 0.717) is 35.8 Å². The summed E-state index contributed by atoms with van der Waals surface area (Å²) in [7, 11) is 0. The molecule has 0 unspecified atom stereocenters. The lowest BCUT2D eigenvalue weighted by molar-refractivity contribution is 0.0712.